The van der Waals surface area contributed by atoms with E-state index in [2.05, 4.69) is 5.32 Å². The first kappa shape index (κ1) is 13.6. The Bertz CT molecular complexity index is 491. The van der Waals surface area contributed by atoms with Gasteiger partial charge in [-0.1, -0.05) is 18.2 Å². The molecule has 0 saturated carbocycles. The molecule has 0 unspecified atom stereocenters. The maximum atomic E-state index is 13.8. The van der Waals surface area contributed by atoms with E-state index in [1.54, 1.807) is 12.1 Å². The summed E-state index contributed by atoms with van der Waals surface area (Å²) in [5.74, 6) is 0.0127. The Balaban J connectivity index is 1.77. The first-order valence-electron chi connectivity index (χ1n) is 7.45. The lowest BCUT2D eigenvalue weighted by Gasteiger charge is -2.44. The minimum Gasteiger partial charge on any atom is -0.338 e. The molecule has 0 bridgehead atoms. The second-order valence-corrected chi connectivity index (χ2v) is 5.95. The van der Waals surface area contributed by atoms with Gasteiger partial charge in [-0.15, -0.1) is 0 Å². The monoisotopic (exact) mass is 276 g/mol. The predicted molar refractivity (Wildman–Crippen MR) is 75.6 cm³/mol. The lowest BCUT2D eigenvalue weighted by atomic mass is 9.72. The van der Waals surface area contributed by atoms with Gasteiger partial charge in [0.25, 0.3) is 0 Å². The average molecular weight is 276 g/mol. The Hall–Kier alpha value is -1.42. The van der Waals surface area contributed by atoms with Crippen molar-refractivity contribution in [1.29, 1.82) is 0 Å². The quantitative estimate of drug-likeness (QED) is 0.899. The normalized spacial score (nSPS) is 22.2. The molecule has 2 aliphatic rings. The molecule has 2 heterocycles. The van der Waals surface area contributed by atoms with Gasteiger partial charge in [0.15, 0.2) is 0 Å². The fourth-order valence-electron chi connectivity index (χ4n) is 3.50. The fraction of sp³-hybridized carbons (Fsp3) is 0.562. The number of hydrogen-bond acceptors (Lipinski definition) is 2. The summed E-state index contributed by atoms with van der Waals surface area (Å²) >= 11 is 0. The highest BCUT2D eigenvalue weighted by atomic mass is 19.1. The highest BCUT2D eigenvalue weighted by Crippen LogP contribution is 2.39. The minimum atomic E-state index is -0.217. The van der Waals surface area contributed by atoms with E-state index < -0.39 is 0 Å². The van der Waals surface area contributed by atoms with Crippen LogP contribution in [0.2, 0.25) is 0 Å². The molecule has 1 N–H and O–H groups in total. The molecule has 0 atom stereocenters. The Morgan fingerprint density at radius 2 is 1.95 bits per heavy atom. The Labute approximate surface area is 119 Å². The second kappa shape index (κ2) is 5.52. The standard InChI is InChI=1S/C16H21FN2O/c17-14-5-2-1-4-13(14)12-19-11-3-6-16(15(19)20)7-9-18-10-8-16/h1-2,4-5,18H,3,6-12H2. The molecule has 108 valence electrons. The largest absolute Gasteiger partial charge is 0.338 e. The number of piperidine rings is 2. The van der Waals surface area contributed by atoms with Crippen LogP contribution >= 0.6 is 0 Å². The maximum Gasteiger partial charge on any atom is 0.229 e. The van der Waals surface area contributed by atoms with Crippen LogP contribution in [0.25, 0.3) is 0 Å². The van der Waals surface area contributed by atoms with Crippen molar-refractivity contribution in [3.63, 3.8) is 0 Å². The van der Waals surface area contributed by atoms with Crippen molar-refractivity contribution in [1.82, 2.24) is 10.2 Å². The lowest BCUT2D eigenvalue weighted by Crippen LogP contribution is -2.52. The number of hydrogen-bond donors (Lipinski definition) is 1. The molecule has 0 aliphatic carbocycles. The molecule has 3 nitrogen and oxygen atoms in total. The zero-order valence-electron chi connectivity index (χ0n) is 11.7. The molecule has 0 radical (unpaired) electrons. The Morgan fingerprint density at radius 1 is 1.20 bits per heavy atom. The average Bonchev–Trinajstić information content (AvgIpc) is 2.47. The van der Waals surface area contributed by atoms with Gasteiger partial charge in [0.1, 0.15) is 5.82 Å². The number of carbonyl (C=O) groups is 1. The van der Waals surface area contributed by atoms with Crippen molar-refractivity contribution in [2.75, 3.05) is 19.6 Å². The maximum absolute atomic E-state index is 13.8. The van der Waals surface area contributed by atoms with Crippen LogP contribution < -0.4 is 5.32 Å². The molecule has 1 aromatic rings. The summed E-state index contributed by atoms with van der Waals surface area (Å²) in [6.45, 7) is 2.99. The summed E-state index contributed by atoms with van der Waals surface area (Å²) in [4.78, 5) is 14.6. The summed E-state index contributed by atoms with van der Waals surface area (Å²) in [6, 6.07) is 6.74. The van der Waals surface area contributed by atoms with E-state index in [4.69, 9.17) is 0 Å². The third-order valence-corrected chi connectivity index (χ3v) is 4.70. The second-order valence-electron chi connectivity index (χ2n) is 5.95. The van der Waals surface area contributed by atoms with Crippen LogP contribution in [-0.2, 0) is 11.3 Å². The topological polar surface area (TPSA) is 32.3 Å². The van der Waals surface area contributed by atoms with Gasteiger partial charge in [-0.25, -0.2) is 4.39 Å². The summed E-state index contributed by atoms with van der Waals surface area (Å²) in [5.41, 5.74) is 0.432. The predicted octanol–water partition coefficient (Wildman–Crippen LogP) is 2.32. The van der Waals surface area contributed by atoms with E-state index in [1.807, 2.05) is 11.0 Å². The molecule has 4 heteroatoms. The molecular formula is C16H21FN2O. The summed E-state index contributed by atoms with van der Waals surface area (Å²) < 4.78 is 13.8. The van der Waals surface area contributed by atoms with E-state index in [0.29, 0.717) is 12.1 Å². The van der Waals surface area contributed by atoms with E-state index in [-0.39, 0.29) is 17.1 Å². The number of nitrogens with zero attached hydrogens (tertiary/aromatic N) is 1. The molecular weight excluding hydrogens is 255 g/mol. The number of nitrogens with one attached hydrogen (secondary N) is 1. The zero-order valence-corrected chi connectivity index (χ0v) is 11.7. The summed E-state index contributed by atoms with van der Waals surface area (Å²) in [5, 5.41) is 3.32. The first-order chi connectivity index (χ1) is 9.71. The first-order valence-corrected chi connectivity index (χ1v) is 7.45. The Morgan fingerprint density at radius 3 is 2.70 bits per heavy atom. The van der Waals surface area contributed by atoms with Crippen LogP contribution in [-0.4, -0.2) is 30.4 Å². The molecule has 2 fully saturated rings. The van der Waals surface area contributed by atoms with Crippen molar-refractivity contribution in [3.05, 3.63) is 35.6 Å². The number of likely N-dealkylation sites (tertiary alicyclic amines) is 1. The van der Waals surface area contributed by atoms with E-state index in [1.165, 1.54) is 6.07 Å². The van der Waals surface area contributed by atoms with Crippen LogP contribution in [0.1, 0.15) is 31.2 Å². The zero-order chi connectivity index (χ0) is 14.0. The summed E-state index contributed by atoms with van der Waals surface area (Å²) in [7, 11) is 0. The van der Waals surface area contributed by atoms with Crippen molar-refractivity contribution >= 4 is 5.91 Å². The van der Waals surface area contributed by atoms with E-state index >= 15 is 0 Å². The van der Waals surface area contributed by atoms with Crippen molar-refractivity contribution < 1.29 is 9.18 Å². The number of amides is 1. The summed E-state index contributed by atoms with van der Waals surface area (Å²) in [6.07, 6.45) is 3.85. The van der Waals surface area contributed by atoms with Gasteiger partial charge in [0.05, 0.1) is 5.41 Å². The van der Waals surface area contributed by atoms with Crippen molar-refractivity contribution in [2.24, 2.45) is 5.41 Å². The van der Waals surface area contributed by atoms with Gasteiger partial charge < -0.3 is 10.2 Å². The minimum absolute atomic E-state index is 0.186. The number of carbonyl (C=O) groups excluding carboxylic acids is 1. The van der Waals surface area contributed by atoms with Crippen molar-refractivity contribution in [2.45, 2.75) is 32.2 Å². The SMILES string of the molecule is O=C1N(Cc2ccccc2F)CCCC12CCNCC2. The van der Waals surface area contributed by atoms with Gasteiger partial charge >= 0.3 is 0 Å². The lowest BCUT2D eigenvalue weighted by molar-refractivity contribution is -0.149. The highest BCUT2D eigenvalue weighted by Gasteiger charge is 2.44. The third kappa shape index (κ3) is 2.44. The highest BCUT2D eigenvalue weighted by molar-refractivity contribution is 5.83. The van der Waals surface area contributed by atoms with Crippen LogP contribution in [0.5, 0.6) is 0 Å². The fourth-order valence-corrected chi connectivity index (χ4v) is 3.50. The molecule has 1 spiro atoms. The molecule has 1 aromatic carbocycles. The Kier molecular flexibility index (Phi) is 3.74. The molecule has 20 heavy (non-hydrogen) atoms. The number of rotatable bonds is 2. The molecule has 2 aliphatic heterocycles. The molecule has 2 saturated heterocycles. The molecule has 3 rings (SSSR count). The van der Waals surface area contributed by atoms with Crippen LogP contribution in [0.4, 0.5) is 4.39 Å². The van der Waals surface area contributed by atoms with Crippen LogP contribution in [0.3, 0.4) is 0 Å². The third-order valence-electron chi connectivity index (χ3n) is 4.70. The smallest absolute Gasteiger partial charge is 0.229 e. The molecule has 0 aromatic heterocycles. The number of benzene rings is 1. The van der Waals surface area contributed by atoms with Gasteiger partial charge in [0, 0.05) is 18.7 Å². The van der Waals surface area contributed by atoms with Gasteiger partial charge in [-0.2, -0.15) is 0 Å². The molecule has 1 amide bonds. The van der Waals surface area contributed by atoms with Gasteiger partial charge in [-0.05, 0) is 44.8 Å². The number of halogens is 1. The van der Waals surface area contributed by atoms with E-state index in [0.717, 1.165) is 45.3 Å². The van der Waals surface area contributed by atoms with Crippen molar-refractivity contribution in [3.8, 4) is 0 Å². The van der Waals surface area contributed by atoms with Gasteiger partial charge in [-0.3, -0.25) is 4.79 Å². The van der Waals surface area contributed by atoms with Gasteiger partial charge in [0.2, 0.25) is 5.91 Å². The van der Waals surface area contributed by atoms with Crippen LogP contribution in [0, 0.1) is 11.2 Å². The van der Waals surface area contributed by atoms with E-state index in [9.17, 15) is 9.18 Å². The van der Waals surface area contributed by atoms with Crippen LogP contribution in [0.15, 0.2) is 24.3 Å².